The molecule has 1 saturated carbocycles. The fourth-order valence-corrected chi connectivity index (χ4v) is 2.41. The van der Waals surface area contributed by atoms with Crippen molar-refractivity contribution in [3.8, 4) is 0 Å². The zero-order chi connectivity index (χ0) is 15.7. The standard InChI is InChI=1S/C15H14ClN3O3/c1-8-5-13(19-22-8)18-15(21)12-7-11(12)14(20)17-10-4-2-3-9(16)6-10/h2-6,11-12H,7H2,1H3,(H,17,20)(H,18,19,21). The van der Waals surface area contributed by atoms with Gasteiger partial charge in [0.15, 0.2) is 5.82 Å². The van der Waals surface area contributed by atoms with Gasteiger partial charge in [0, 0.05) is 16.8 Å². The molecular formula is C15H14ClN3O3. The molecule has 1 aromatic heterocycles. The third-order valence-corrected chi connectivity index (χ3v) is 3.67. The summed E-state index contributed by atoms with van der Waals surface area (Å²) in [5.41, 5.74) is 0.621. The molecule has 0 aliphatic heterocycles. The van der Waals surface area contributed by atoms with Crippen LogP contribution in [0.4, 0.5) is 11.5 Å². The molecule has 0 radical (unpaired) electrons. The smallest absolute Gasteiger partial charge is 0.229 e. The van der Waals surface area contributed by atoms with E-state index >= 15 is 0 Å². The molecule has 3 rings (SSSR count). The zero-order valence-corrected chi connectivity index (χ0v) is 12.6. The first-order valence-corrected chi connectivity index (χ1v) is 7.21. The minimum atomic E-state index is -0.337. The molecule has 2 amide bonds. The Bertz CT molecular complexity index is 728. The predicted molar refractivity (Wildman–Crippen MR) is 81.5 cm³/mol. The SMILES string of the molecule is Cc1cc(NC(=O)C2CC2C(=O)Nc2cccc(Cl)c2)no1. The summed E-state index contributed by atoms with van der Waals surface area (Å²) in [7, 11) is 0. The number of halogens is 1. The molecule has 1 aliphatic rings. The number of amides is 2. The van der Waals surface area contributed by atoms with Gasteiger partial charge in [-0.2, -0.15) is 0 Å². The highest BCUT2D eigenvalue weighted by molar-refractivity contribution is 6.30. The van der Waals surface area contributed by atoms with E-state index in [4.69, 9.17) is 16.1 Å². The van der Waals surface area contributed by atoms with Crippen molar-refractivity contribution in [1.29, 1.82) is 0 Å². The molecule has 6 nitrogen and oxygen atoms in total. The molecule has 2 unspecified atom stereocenters. The van der Waals surface area contributed by atoms with Crippen molar-refractivity contribution in [1.82, 2.24) is 5.16 Å². The minimum absolute atomic E-state index is 0.182. The van der Waals surface area contributed by atoms with Gasteiger partial charge in [-0.05, 0) is 31.5 Å². The summed E-state index contributed by atoms with van der Waals surface area (Å²) < 4.78 is 4.87. The second-order valence-corrected chi connectivity index (χ2v) is 5.70. The number of nitrogens with one attached hydrogen (secondary N) is 2. The highest BCUT2D eigenvalue weighted by atomic mass is 35.5. The average Bonchev–Trinajstić information content (AvgIpc) is 3.17. The molecule has 7 heteroatoms. The number of rotatable bonds is 4. The Morgan fingerprint density at radius 1 is 1.23 bits per heavy atom. The predicted octanol–water partition coefficient (Wildman–Crippen LogP) is 2.85. The van der Waals surface area contributed by atoms with Crippen LogP contribution in [-0.4, -0.2) is 17.0 Å². The second kappa shape index (κ2) is 5.81. The zero-order valence-electron chi connectivity index (χ0n) is 11.8. The van der Waals surface area contributed by atoms with Crippen LogP contribution in [0, 0.1) is 18.8 Å². The normalized spacial score (nSPS) is 19.5. The van der Waals surface area contributed by atoms with E-state index in [-0.39, 0.29) is 23.7 Å². The number of anilines is 2. The van der Waals surface area contributed by atoms with Crippen LogP contribution in [0.2, 0.25) is 5.02 Å². The first kappa shape index (κ1) is 14.6. The number of carbonyl (C=O) groups excluding carboxylic acids is 2. The van der Waals surface area contributed by atoms with Gasteiger partial charge < -0.3 is 15.2 Å². The molecule has 22 heavy (non-hydrogen) atoms. The van der Waals surface area contributed by atoms with E-state index in [1.807, 2.05) is 0 Å². The maximum atomic E-state index is 12.1. The summed E-state index contributed by atoms with van der Waals surface area (Å²) in [6, 6.07) is 8.52. The molecule has 2 atom stereocenters. The largest absolute Gasteiger partial charge is 0.360 e. The van der Waals surface area contributed by atoms with E-state index in [9.17, 15) is 9.59 Å². The third kappa shape index (κ3) is 3.28. The topological polar surface area (TPSA) is 84.2 Å². The van der Waals surface area contributed by atoms with Crippen LogP contribution in [0.1, 0.15) is 12.2 Å². The number of benzene rings is 1. The van der Waals surface area contributed by atoms with Crippen LogP contribution in [0.3, 0.4) is 0 Å². The number of carbonyl (C=O) groups is 2. The van der Waals surface area contributed by atoms with Crippen molar-refractivity contribution in [2.24, 2.45) is 11.8 Å². The number of nitrogens with zero attached hydrogens (tertiary/aromatic N) is 1. The fourth-order valence-electron chi connectivity index (χ4n) is 2.22. The molecule has 0 spiro atoms. The van der Waals surface area contributed by atoms with Crippen molar-refractivity contribution in [2.45, 2.75) is 13.3 Å². The molecule has 1 fully saturated rings. The van der Waals surface area contributed by atoms with Crippen LogP contribution in [0.15, 0.2) is 34.9 Å². The molecule has 2 N–H and O–H groups in total. The van der Waals surface area contributed by atoms with Gasteiger partial charge in [-0.15, -0.1) is 0 Å². The lowest BCUT2D eigenvalue weighted by Gasteiger charge is -2.05. The maximum absolute atomic E-state index is 12.1. The van der Waals surface area contributed by atoms with Gasteiger partial charge in [-0.25, -0.2) is 0 Å². The number of aryl methyl sites for hydroxylation is 1. The first-order valence-electron chi connectivity index (χ1n) is 6.83. The van der Waals surface area contributed by atoms with Crippen LogP contribution in [0.25, 0.3) is 0 Å². The summed E-state index contributed by atoms with van der Waals surface area (Å²) in [6.07, 6.45) is 0.523. The minimum Gasteiger partial charge on any atom is -0.360 e. The number of hydrogen-bond acceptors (Lipinski definition) is 4. The number of hydrogen-bond donors (Lipinski definition) is 2. The molecule has 1 aliphatic carbocycles. The van der Waals surface area contributed by atoms with Crippen molar-refractivity contribution < 1.29 is 14.1 Å². The second-order valence-electron chi connectivity index (χ2n) is 5.26. The molecule has 0 saturated heterocycles. The fraction of sp³-hybridized carbons (Fsp3) is 0.267. The van der Waals surface area contributed by atoms with Gasteiger partial charge in [0.25, 0.3) is 0 Å². The monoisotopic (exact) mass is 319 g/mol. The van der Waals surface area contributed by atoms with E-state index in [2.05, 4.69) is 15.8 Å². The summed E-state index contributed by atoms with van der Waals surface area (Å²) in [6.45, 7) is 1.74. The van der Waals surface area contributed by atoms with Gasteiger partial charge in [0.2, 0.25) is 11.8 Å². The van der Waals surface area contributed by atoms with Crippen LogP contribution >= 0.6 is 11.6 Å². The Hall–Kier alpha value is -2.34. The van der Waals surface area contributed by atoms with Gasteiger partial charge in [0.1, 0.15) is 5.76 Å². The lowest BCUT2D eigenvalue weighted by Crippen LogP contribution is -2.20. The summed E-state index contributed by atoms with van der Waals surface area (Å²) in [4.78, 5) is 24.1. The molecule has 1 heterocycles. The van der Waals surface area contributed by atoms with Gasteiger partial charge in [-0.1, -0.05) is 22.8 Å². The molecule has 1 aromatic carbocycles. The molecule has 114 valence electrons. The maximum Gasteiger partial charge on any atom is 0.229 e. The van der Waals surface area contributed by atoms with Gasteiger partial charge >= 0.3 is 0 Å². The van der Waals surface area contributed by atoms with E-state index < -0.39 is 0 Å². The summed E-state index contributed by atoms with van der Waals surface area (Å²) >= 11 is 5.86. The highest BCUT2D eigenvalue weighted by Gasteiger charge is 2.48. The molecular weight excluding hydrogens is 306 g/mol. The lowest BCUT2D eigenvalue weighted by molar-refractivity contribution is -0.122. The van der Waals surface area contributed by atoms with Gasteiger partial charge in [-0.3, -0.25) is 9.59 Å². The highest BCUT2D eigenvalue weighted by Crippen LogP contribution is 2.40. The summed E-state index contributed by atoms with van der Waals surface area (Å²) in [5.74, 6) is -0.0915. The van der Waals surface area contributed by atoms with E-state index in [0.29, 0.717) is 28.7 Å². The third-order valence-electron chi connectivity index (χ3n) is 3.44. The van der Waals surface area contributed by atoms with Crippen LogP contribution < -0.4 is 10.6 Å². The molecule has 0 bridgehead atoms. The Kier molecular flexibility index (Phi) is 3.85. The van der Waals surface area contributed by atoms with Crippen molar-refractivity contribution >= 4 is 34.9 Å². The van der Waals surface area contributed by atoms with Crippen LogP contribution in [-0.2, 0) is 9.59 Å². The first-order chi connectivity index (χ1) is 10.5. The Morgan fingerprint density at radius 3 is 2.59 bits per heavy atom. The Morgan fingerprint density at radius 2 is 1.95 bits per heavy atom. The quantitative estimate of drug-likeness (QED) is 0.907. The van der Waals surface area contributed by atoms with Gasteiger partial charge in [0.05, 0.1) is 11.8 Å². The molecule has 2 aromatic rings. The number of aromatic nitrogens is 1. The van der Waals surface area contributed by atoms with E-state index in [0.717, 1.165) is 0 Å². The van der Waals surface area contributed by atoms with E-state index in [1.54, 1.807) is 37.3 Å². The Balaban J connectivity index is 1.55. The van der Waals surface area contributed by atoms with E-state index in [1.165, 1.54) is 0 Å². The van der Waals surface area contributed by atoms with Crippen molar-refractivity contribution in [3.05, 3.63) is 41.1 Å². The van der Waals surface area contributed by atoms with Crippen LogP contribution in [0.5, 0.6) is 0 Å². The summed E-state index contributed by atoms with van der Waals surface area (Å²) in [5, 5.41) is 9.63. The Labute approximate surface area is 131 Å². The lowest BCUT2D eigenvalue weighted by atomic mass is 10.2. The van der Waals surface area contributed by atoms with Crippen molar-refractivity contribution in [2.75, 3.05) is 10.6 Å². The average molecular weight is 320 g/mol. The van der Waals surface area contributed by atoms with Crippen molar-refractivity contribution in [3.63, 3.8) is 0 Å².